The van der Waals surface area contributed by atoms with Crippen LogP contribution in [0.25, 0.3) is 6.08 Å². The molecule has 0 unspecified atom stereocenters. The van der Waals surface area contributed by atoms with Gasteiger partial charge in [0, 0.05) is 24.0 Å². The van der Waals surface area contributed by atoms with Crippen LogP contribution in [0.1, 0.15) is 32.4 Å². The number of rotatable bonds is 3. The van der Waals surface area contributed by atoms with E-state index in [1.165, 1.54) is 0 Å². The summed E-state index contributed by atoms with van der Waals surface area (Å²) in [6.07, 6.45) is 5.47. The molecule has 3 heteroatoms. The molecule has 0 spiro atoms. The van der Waals surface area contributed by atoms with Crippen molar-refractivity contribution >= 4 is 18.1 Å². The Balaban J connectivity index is 3.11. The highest BCUT2D eigenvalue weighted by Gasteiger charge is 2.05. The maximum Gasteiger partial charge on any atom is 0.180 e. The summed E-state index contributed by atoms with van der Waals surface area (Å²) in [7, 11) is 0. The molecule has 0 amide bonds. The predicted octanol–water partition coefficient (Wildman–Crippen LogP) is 2.83. The van der Waals surface area contributed by atoms with Crippen LogP contribution in [0, 0.1) is 0 Å². The summed E-state index contributed by atoms with van der Waals surface area (Å²) in [4.78, 5) is 4.15. The number of nitrogens with zero attached hydrogens (tertiary/aromatic N) is 3. The second kappa shape index (κ2) is 4.03. The number of aromatic nitrogens is 2. The second-order valence-corrected chi connectivity index (χ2v) is 3.07. The van der Waals surface area contributed by atoms with Gasteiger partial charge < -0.3 is 0 Å². The monoisotopic (exact) mass is 177 g/mol. The average Bonchev–Trinajstić information content (AvgIpc) is 2.48. The quantitative estimate of drug-likeness (QED) is 0.653. The van der Waals surface area contributed by atoms with Crippen molar-refractivity contribution in [1.29, 1.82) is 0 Å². The molecule has 0 aliphatic carbocycles. The molecule has 0 saturated carbocycles. The minimum atomic E-state index is 0.361. The fraction of sp³-hybridized carbons (Fsp3) is 0.400. The van der Waals surface area contributed by atoms with E-state index >= 15 is 0 Å². The molecular formula is C10H15N3. The first-order valence-corrected chi connectivity index (χ1v) is 4.39. The topological polar surface area (TPSA) is 30.2 Å². The highest BCUT2D eigenvalue weighted by molar-refractivity contribution is 5.65. The Hall–Kier alpha value is -1.38. The summed E-state index contributed by atoms with van der Waals surface area (Å²) >= 11 is 0. The lowest BCUT2D eigenvalue weighted by Crippen LogP contribution is -1.99. The van der Waals surface area contributed by atoms with E-state index in [-0.39, 0.29) is 0 Å². The molecule has 0 atom stereocenters. The van der Waals surface area contributed by atoms with Gasteiger partial charge in [-0.3, -0.25) is 4.68 Å². The fourth-order valence-electron chi connectivity index (χ4n) is 1.03. The van der Waals surface area contributed by atoms with Crippen molar-refractivity contribution < 1.29 is 0 Å². The third-order valence-electron chi connectivity index (χ3n) is 1.74. The van der Waals surface area contributed by atoms with E-state index in [0.717, 1.165) is 11.4 Å². The summed E-state index contributed by atoms with van der Waals surface area (Å²) in [6, 6.07) is 0.361. The van der Waals surface area contributed by atoms with Crippen molar-refractivity contribution in [1.82, 2.24) is 9.78 Å². The SMILES string of the molecule is C=Cc1cn(C(C)C)nc1N=CC. The molecule has 1 rings (SSSR count). The normalized spacial score (nSPS) is 11.4. The van der Waals surface area contributed by atoms with Gasteiger partial charge >= 0.3 is 0 Å². The molecule has 0 aromatic carbocycles. The summed E-state index contributed by atoms with van der Waals surface area (Å²) in [5.41, 5.74) is 0.979. The van der Waals surface area contributed by atoms with Crippen LogP contribution < -0.4 is 0 Å². The third kappa shape index (κ3) is 2.05. The number of hydrogen-bond acceptors (Lipinski definition) is 2. The number of hydrogen-bond donors (Lipinski definition) is 0. The van der Waals surface area contributed by atoms with Crippen molar-refractivity contribution in [2.75, 3.05) is 0 Å². The highest BCUT2D eigenvalue weighted by atomic mass is 15.3. The van der Waals surface area contributed by atoms with Gasteiger partial charge in [-0.05, 0) is 20.8 Å². The van der Waals surface area contributed by atoms with Crippen molar-refractivity contribution in [3.8, 4) is 0 Å². The third-order valence-corrected chi connectivity index (χ3v) is 1.74. The van der Waals surface area contributed by atoms with Crippen molar-refractivity contribution in [2.24, 2.45) is 4.99 Å². The Kier molecular flexibility index (Phi) is 3.01. The van der Waals surface area contributed by atoms with Crippen LogP contribution in [0.5, 0.6) is 0 Å². The van der Waals surface area contributed by atoms with Crippen LogP contribution in [0.3, 0.4) is 0 Å². The van der Waals surface area contributed by atoms with Gasteiger partial charge in [-0.25, -0.2) is 4.99 Å². The van der Waals surface area contributed by atoms with E-state index in [1.54, 1.807) is 12.3 Å². The van der Waals surface area contributed by atoms with Gasteiger partial charge in [-0.15, -0.1) is 0 Å². The fourth-order valence-corrected chi connectivity index (χ4v) is 1.03. The number of aliphatic imine (C=N–C) groups is 1. The molecule has 70 valence electrons. The molecular weight excluding hydrogens is 162 g/mol. The Labute approximate surface area is 78.8 Å². The lowest BCUT2D eigenvalue weighted by Gasteiger charge is -2.02. The zero-order valence-corrected chi connectivity index (χ0v) is 8.36. The van der Waals surface area contributed by atoms with Crippen LogP contribution >= 0.6 is 0 Å². The van der Waals surface area contributed by atoms with Crippen LogP contribution in [0.4, 0.5) is 5.82 Å². The Bertz CT molecular complexity index is 321. The van der Waals surface area contributed by atoms with Gasteiger partial charge in [0.1, 0.15) is 0 Å². The highest BCUT2D eigenvalue weighted by Crippen LogP contribution is 2.19. The first-order chi connectivity index (χ1) is 6.19. The van der Waals surface area contributed by atoms with Gasteiger partial charge in [0.15, 0.2) is 5.82 Å². The first-order valence-electron chi connectivity index (χ1n) is 4.39. The van der Waals surface area contributed by atoms with Crippen LogP contribution in [-0.4, -0.2) is 16.0 Å². The van der Waals surface area contributed by atoms with E-state index in [4.69, 9.17) is 0 Å². The Morgan fingerprint density at radius 3 is 2.77 bits per heavy atom. The molecule has 0 aliphatic rings. The molecule has 0 fully saturated rings. The summed E-state index contributed by atoms with van der Waals surface area (Å²) in [5.74, 6) is 0.742. The smallest absolute Gasteiger partial charge is 0.180 e. The van der Waals surface area contributed by atoms with Gasteiger partial charge in [0.2, 0.25) is 0 Å². The van der Waals surface area contributed by atoms with E-state index in [1.807, 2.05) is 17.8 Å². The maximum absolute atomic E-state index is 4.32. The molecule has 1 aromatic heterocycles. The largest absolute Gasteiger partial charge is 0.267 e. The van der Waals surface area contributed by atoms with Crippen LogP contribution in [0.15, 0.2) is 17.8 Å². The molecule has 13 heavy (non-hydrogen) atoms. The zero-order chi connectivity index (χ0) is 9.84. The lowest BCUT2D eigenvalue weighted by molar-refractivity contribution is 0.533. The first kappa shape index (κ1) is 9.71. The van der Waals surface area contributed by atoms with Crippen molar-refractivity contribution in [3.63, 3.8) is 0 Å². The molecule has 0 saturated heterocycles. The molecule has 1 heterocycles. The molecule has 0 radical (unpaired) electrons. The molecule has 0 aliphatic heterocycles. The van der Waals surface area contributed by atoms with E-state index in [9.17, 15) is 0 Å². The zero-order valence-electron chi connectivity index (χ0n) is 8.36. The standard InChI is InChI=1S/C10H15N3/c1-5-9-7-13(8(3)4)12-10(9)11-6-2/h5-8H,1H2,2-4H3. The summed E-state index contributed by atoms with van der Waals surface area (Å²) in [5, 5.41) is 4.32. The van der Waals surface area contributed by atoms with E-state index < -0.39 is 0 Å². The van der Waals surface area contributed by atoms with Gasteiger partial charge in [0.05, 0.1) is 0 Å². The Morgan fingerprint density at radius 1 is 1.62 bits per heavy atom. The molecule has 0 bridgehead atoms. The summed E-state index contributed by atoms with van der Waals surface area (Å²) < 4.78 is 1.89. The Morgan fingerprint density at radius 2 is 2.31 bits per heavy atom. The van der Waals surface area contributed by atoms with Crippen molar-refractivity contribution in [2.45, 2.75) is 26.8 Å². The molecule has 3 nitrogen and oxygen atoms in total. The van der Waals surface area contributed by atoms with E-state index in [2.05, 4.69) is 30.5 Å². The minimum absolute atomic E-state index is 0.361. The molecule has 1 aromatic rings. The maximum atomic E-state index is 4.32. The average molecular weight is 177 g/mol. The second-order valence-electron chi connectivity index (χ2n) is 3.07. The lowest BCUT2D eigenvalue weighted by atomic mass is 10.3. The van der Waals surface area contributed by atoms with Gasteiger partial charge in [0.25, 0.3) is 0 Å². The predicted molar refractivity (Wildman–Crippen MR) is 56.5 cm³/mol. The van der Waals surface area contributed by atoms with Gasteiger partial charge in [-0.1, -0.05) is 12.7 Å². The minimum Gasteiger partial charge on any atom is -0.267 e. The van der Waals surface area contributed by atoms with E-state index in [0.29, 0.717) is 6.04 Å². The van der Waals surface area contributed by atoms with Crippen LogP contribution in [-0.2, 0) is 0 Å². The van der Waals surface area contributed by atoms with Crippen LogP contribution in [0.2, 0.25) is 0 Å². The van der Waals surface area contributed by atoms with Gasteiger partial charge in [-0.2, -0.15) is 5.10 Å². The summed E-state index contributed by atoms with van der Waals surface area (Å²) in [6.45, 7) is 9.76. The molecule has 0 N–H and O–H groups in total. The van der Waals surface area contributed by atoms with Crippen molar-refractivity contribution in [3.05, 3.63) is 18.3 Å².